The molecule has 1 atom stereocenters. The lowest BCUT2D eigenvalue weighted by Crippen LogP contribution is -2.39. The van der Waals surface area contributed by atoms with E-state index in [1.54, 1.807) is 0 Å². The topological polar surface area (TPSA) is 33.1 Å². The molecule has 0 aliphatic heterocycles. The van der Waals surface area contributed by atoms with Crippen LogP contribution in [0, 0.1) is 5.92 Å². The van der Waals surface area contributed by atoms with Crippen LogP contribution in [0.25, 0.3) is 0 Å². The smallest absolute Gasteiger partial charge is 0.0948 e. The Bertz CT molecular complexity index is 320. The maximum Gasteiger partial charge on any atom is 0.0948 e. The second-order valence-electron chi connectivity index (χ2n) is 5.64. The summed E-state index contributed by atoms with van der Waals surface area (Å²) in [5.41, 5.74) is 1.27. The zero-order chi connectivity index (χ0) is 13.5. The summed E-state index contributed by atoms with van der Waals surface area (Å²) in [6, 6.07) is 0.542. The Balaban J connectivity index is 2.50. The van der Waals surface area contributed by atoms with Gasteiger partial charge in [0.15, 0.2) is 0 Å². The van der Waals surface area contributed by atoms with Gasteiger partial charge in [-0.25, -0.2) is 4.98 Å². The van der Waals surface area contributed by atoms with E-state index in [4.69, 9.17) is 0 Å². The van der Waals surface area contributed by atoms with Crippen molar-refractivity contribution in [2.75, 3.05) is 20.6 Å². The van der Waals surface area contributed by atoms with Crippen molar-refractivity contribution < 1.29 is 0 Å². The molecule has 0 aromatic carbocycles. The predicted molar refractivity (Wildman–Crippen MR) is 76.5 cm³/mol. The summed E-state index contributed by atoms with van der Waals surface area (Å²) in [5, 5.41) is 3.66. The van der Waals surface area contributed by atoms with E-state index in [-0.39, 0.29) is 0 Å². The van der Waals surface area contributed by atoms with Crippen LogP contribution in [-0.2, 0) is 13.1 Å². The molecular formula is C14H28N4. The summed E-state index contributed by atoms with van der Waals surface area (Å²) in [5.74, 6) is 0.721. The molecule has 4 heteroatoms. The molecule has 0 radical (unpaired) electrons. The van der Waals surface area contributed by atoms with Gasteiger partial charge in [0.2, 0.25) is 0 Å². The Kier molecular flexibility index (Phi) is 6.36. The first kappa shape index (κ1) is 15.2. The van der Waals surface area contributed by atoms with Gasteiger partial charge < -0.3 is 14.8 Å². The van der Waals surface area contributed by atoms with Crippen molar-refractivity contribution in [2.45, 2.75) is 46.3 Å². The summed E-state index contributed by atoms with van der Waals surface area (Å²) < 4.78 is 2.19. The van der Waals surface area contributed by atoms with Crippen LogP contribution in [0.5, 0.6) is 0 Å². The molecule has 104 valence electrons. The largest absolute Gasteiger partial charge is 0.334 e. The number of imidazole rings is 1. The third-order valence-electron chi connectivity index (χ3n) is 3.05. The molecule has 0 saturated carbocycles. The predicted octanol–water partition coefficient (Wildman–Crippen LogP) is 1.97. The third kappa shape index (κ3) is 5.19. The van der Waals surface area contributed by atoms with E-state index < -0.39 is 0 Å². The van der Waals surface area contributed by atoms with Gasteiger partial charge in [-0.3, -0.25) is 0 Å². The van der Waals surface area contributed by atoms with Gasteiger partial charge >= 0.3 is 0 Å². The maximum atomic E-state index is 4.21. The minimum Gasteiger partial charge on any atom is -0.334 e. The van der Waals surface area contributed by atoms with Crippen LogP contribution in [0.3, 0.4) is 0 Å². The first-order valence-corrected chi connectivity index (χ1v) is 6.90. The Morgan fingerprint density at radius 3 is 2.67 bits per heavy atom. The molecule has 0 aliphatic carbocycles. The van der Waals surface area contributed by atoms with Crippen molar-refractivity contribution in [3.63, 3.8) is 0 Å². The number of hydrogen-bond acceptors (Lipinski definition) is 3. The molecule has 0 aliphatic rings. The van der Waals surface area contributed by atoms with Crippen molar-refractivity contribution in [1.29, 1.82) is 0 Å². The number of hydrogen-bond donors (Lipinski definition) is 1. The summed E-state index contributed by atoms with van der Waals surface area (Å²) in [4.78, 5) is 6.45. The molecule has 0 saturated heterocycles. The number of aromatic nitrogens is 2. The fourth-order valence-corrected chi connectivity index (χ4v) is 2.26. The molecule has 18 heavy (non-hydrogen) atoms. The van der Waals surface area contributed by atoms with Crippen LogP contribution in [0.4, 0.5) is 0 Å². The molecule has 1 heterocycles. The average molecular weight is 252 g/mol. The summed E-state index contributed by atoms with van der Waals surface area (Å²) in [6.45, 7) is 9.68. The number of nitrogens with zero attached hydrogens (tertiary/aromatic N) is 3. The minimum absolute atomic E-state index is 0.542. The second kappa shape index (κ2) is 7.54. The first-order chi connectivity index (χ1) is 8.52. The van der Waals surface area contributed by atoms with Gasteiger partial charge in [0.25, 0.3) is 0 Å². The van der Waals surface area contributed by atoms with Crippen molar-refractivity contribution in [2.24, 2.45) is 5.92 Å². The van der Waals surface area contributed by atoms with Gasteiger partial charge in [-0.05, 0) is 33.4 Å². The van der Waals surface area contributed by atoms with E-state index in [1.807, 2.05) is 12.5 Å². The quantitative estimate of drug-likeness (QED) is 0.768. The molecule has 0 bridgehead atoms. The second-order valence-corrected chi connectivity index (χ2v) is 5.64. The number of rotatable bonds is 8. The molecule has 0 spiro atoms. The zero-order valence-electron chi connectivity index (χ0n) is 12.5. The van der Waals surface area contributed by atoms with Crippen LogP contribution in [-0.4, -0.2) is 41.1 Å². The van der Waals surface area contributed by atoms with Crippen molar-refractivity contribution in [1.82, 2.24) is 19.8 Å². The van der Waals surface area contributed by atoms with Gasteiger partial charge in [-0.1, -0.05) is 13.8 Å². The highest BCUT2D eigenvalue weighted by atomic mass is 15.1. The Morgan fingerprint density at radius 1 is 1.39 bits per heavy atom. The highest BCUT2D eigenvalue weighted by Gasteiger charge is 2.12. The summed E-state index contributed by atoms with van der Waals surface area (Å²) >= 11 is 0. The molecule has 0 fully saturated rings. The van der Waals surface area contributed by atoms with Gasteiger partial charge in [-0.2, -0.15) is 0 Å². The minimum atomic E-state index is 0.542. The van der Waals surface area contributed by atoms with Crippen molar-refractivity contribution in [3.05, 3.63) is 18.2 Å². The first-order valence-electron chi connectivity index (χ1n) is 6.90. The average Bonchev–Trinajstić information content (AvgIpc) is 2.71. The lowest BCUT2D eigenvalue weighted by Gasteiger charge is -2.24. The molecule has 1 N–H and O–H groups in total. The highest BCUT2D eigenvalue weighted by Crippen LogP contribution is 2.07. The molecule has 4 nitrogen and oxygen atoms in total. The summed E-state index contributed by atoms with van der Waals surface area (Å²) in [6.07, 6.45) is 5.07. The Labute approximate surface area is 111 Å². The zero-order valence-corrected chi connectivity index (χ0v) is 12.5. The fourth-order valence-electron chi connectivity index (χ4n) is 2.26. The number of likely N-dealkylation sites (N-methyl/N-ethyl adjacent to an activating group) is 1. The van der Waals surface area contributed by atoms with Crippen LogP contribution < -0.4 is 5.32 Å². The van der Waals surface area contributed by atoms with Gasteiger partial charge in [0, 0.05) is 31.9 Å². The van der Waals surface area contributed by atoms with Crippen LogP contribution in [0.15, 0.2) is 12.5 Å². The molecule has 1 aromatic heterocycles. The molecule has 1 aromatic rings. The SMILES string of the molecule is CCn1cncc1CNC(CC(C)C)CN(C)C. The van der Waals surface area contributed by atoms with Crippen LogP contribution in [0.2, 0.25) is 0 Å². The van der Waals surface area contributed by atoms with Crippen molar-refractivity contribution >= 4 is 0 Å². The van der Waals surface area contributed by atoms with Gasteiger partial charge in [0.05, 0.1) is 12.0 Å². The van der Waals surface area contributed by atoms with Crippen LogP contribution in [0.1, 0.15) is 32.9 Å². The standard InChI is InChI=1S/C14H28N4/c1-6-18-11-15-8-14(18)9-16-13(7-12(2)3)10-17(4)5/h8,11-13,16H,6-7,9-10H2,1-5H3. The molecule has 1 unspecified atom stereocenters. The lowest BCUT2D eigenvalue weighted by atomic mass is 10.0. The van der Waals surface area contributed by atoms with Crippen molar-refractivity contribution in [3.8, 4) is 0 Å². The van der Waals surface area contributed by atoms with E-state index in [0.29, 0.717) is 6.04 Å². The third-order valence-corrected chi connectivity index (χ3v) is 3.05. The normalized spacial score (nSPS) is 13.5. The monoisotopic (exact) mass is 252 g/mol. The fraction of sp³-hybridized carbons (Fsp3) is 0.786. The maximum absolute atomic E-state index is 4.21. The van der Waals surface area contributed by atoms with E-state index in [0.717, 1.165) is 25.6 Å². The summed E-state index contributed by atoms with van der Waals surface area (Å²) in [7, 11) is 4.26. The van der Waals surface area contributed by atoms with E-state index in [2.05, 4.69) is 54.6 Å². The highest BCUT2D eigenvalue weighted by molar-refractivity contribution is 4.98. The molecular weight excluding hydrogens is 224 g/mol. The van der Waals surface area contributed by atoms with E-state index in [1.165, 1.54) is 12.1 Å². The Hall–Kier alpha value is -0.870. The molecule has 1 rings (SSSR count). The van der Waals surface area contributed by atoms with Gasteiger partial charge in [-0.15, -0.1) is 0 Å². The Morgan fingerprint density at radius 2 is 2.11 bits per heavy atom. The van der Waals surface area contributed by atoms with E-state index >= 15 is 0 Å². The van der Waals surface area contributed by atoms with Gasteiger partial charge in [0.1, 0.15) is 0 Å². The molecule has 0 amide bonds. The lowest BCUT2D eigenvalue weighted by molar-refractivity contribution is 0.303. The van der Waals surface area contributed by atoms with Crippen LogP contribution >= 0.6 is 0 Å². The number of aryl methyl sites for hydroxylation is 1. The number of nitrogens with one attached hydrogen (secondary N) is 1. The van der Waals surface area contributed by atoms with E-state index in [9.17, 15) is 0 Å².